The van der Waals surface area contributed by atoms with Crippen molar-refractivity contribution in [1.29, 1.82) is 0 Å². The topological polar surface area (TPSA) is 77.0 Å². The average Bonchev–Trinajstić information content (AvgIpc) is 3.75. The largest absolute Gasteiger partial charge is 0.508 e. The molecular weight excluding hydrogens is 555 g/mol. The van der Waals surface area contributed by atoms with Crippen molar-refractivity contribution in [2.45, 2.75) is 94.7 Å². The van der Waals surface area contributed by atoms with Gasteiger partial charge in [0, 0.05) is 73.4 Å². The highest BCUT2D eigenvalue weighted by atomic mass is 19.1. The predicted octanol–water partition coefficient (Wildman–Crippen LogP) is 4.88. The van der Waals surface area contributed by atoms with Gasteiger partial charge in [0.1, 0.15) is 24.3 Å². The Bertz CT molecular complexity index is 1610. The van der Waals surface area contributed by atoms with Crippen molar-refractivity contribution in [3.63, 3.8) is 0 Å². The third kappa shape index (κ3) is 4.37. The second kappa shape index (κ2) is 10.2. The molecule has 5 fully saturated rings. The van der Waals surface area contributed by atoms with Gasteiger partial charge in [0.05, 0.1) is 17.8 Å². The number of anilines is 2. The zero-order chi connectivity index (χ0) is 29.6. The van der Waals surface area contributed by atoms with E-state index in [9.17, 15) is 9.50 Å². The minimum Gasteiger partial charge on any atom is -0.508 e. The number of aryl methyl sites for hydroxylation is 1. The zero-order valence-electron chi connectivity index (χ0n) is 25.6. The number of nitrogens with one attached hydrogen (secondary N) is 1. The number of halogens is 1. The summed E-state index contributed by atoms with van der Waals surface area (Å²) in [6, 6.07) is 11.9. The van der Waals surface area contributed by atoms with Crippen LogP contribution in [0.2, 0.25) is 0 Å². The van der Waals surface area contributed by atoms with E-state index in [0.29, 0.717) is 56.2 Å². The molecule has 3 aromatic rings. The summed E-state index contributed by atoms with van der Waals surface area (Å²) in [5.74, 6) is 1.96. The van der Waals surface area contributed by atoms with E-state index in [1.807, 2.05) is 18.2 Å². The first-order chi connectivity index (χ1) is 21.4. The van der Waals surface area contributed by atoms with Crippen LogP contribution >= 0.6 is 0 Å². The Balaban J connectivity index is 1.07. The third-order valence-electron chi connectivity index (χ3n) is 11.8. The number of benzene rings is 2. The number of aromatic hydroxyl groups is 1. The zero-order valence-corrected chi connectivity index (χ0v) is 25.6. The maximum absolute atomic E-state index is 14.9. The lowest BCUT2D eigenvalue weighted by Crippen LogP contribution is -2.52. The molecule has 1 saturated carbocycles. The molecule has 6 aliphatic rings. The molecule has 2 bridgehead atoms. The third-order valence-corrected chi connectivity index (χ3v) is 11.8. The Hall–Kier alpha value is -3.17. The minimum absolute atomic E-state index is 0.243. The summed E-state index contributed by atoms with van der Waals surface area (Å²) in [5, 5.41) is 16.6. The molecule has 5 aliphatic heterocycles. The molecular formula is C35H43FN6O2. The quantitative estimate of drug-likeness (QED) is 0.431. The van der Waals surface area contributed by atoms with Crippen LogP contribution in [-0.2, 0) is 13.0 Å². The van der Waals surface area contributed by atoms with Crippen molar-refractivity contribution in [3.05, 3.63) is 47.2 Å². The molecule has 4 saturated heterocycles. The number of aromatic nitrogens is 2. The van der Waals surface area contributed by atoms with E-state index in [2.05, 4.69) is 39.1 Å². The summed E-state index contributed by atoms with van der Waals surface area (Å²) in [7, 11) is 0. The number of nitrogens with zero attached hydrogens (tertiary/aromatic N) is 5. The first-order valence-corrected chi connectivity index (χ1v) is 16.8. The van der Waals surface area contributed by atoms with Crippen molar-refractivity contribution >= 4 is 22.3 Å². The second-order valence-corrected chi connectivity index (χ2v) is 14.5. The van der Waals surface area contributed by atoms with Crippen LogP contribution in [0.5, 0.6) is 11.8 Å². The van der Waals surface area contributed by atoms with Gasteiger partial charge in [-0.25, -0.2) is 4.39 Å². The second-order valence-electron chi connectivity index (χ2n) is 14.5. The molecule has 0 radical (unpaired) electrons. The van der Waals surface area contributed by atoms with Crippen LogP contribution in [0.1, 0.15) is 61.8 Å². The van der Waals surface area contributed by atoms with Crippen LogP contribution in [0.3, 0.4) is 0 Å². The fourth-order valence-corrected chi connectivity index (χ4v) is 9.96. The van der Waals surface area contributed by atoms with E-state index < -0.39 is 6.17 Å². The summed E-state index contributed by atoms with van der Waals surface area (Å²) in [6.45, 7) is 6.47. The Morgan fingerprint density at radius 3 is 2.77 bits per heavy atom. The van der Waals surface area contributed by atoms with Crippen molar-refractivity contribution in [2.24, 2.45) is 5.92 Å². The van der Waals surface area contributed by atoms with E-state index in [1.54, 1.807) is 0 Å². The van der Waals surface area contributed by atoms with Crippen molar-refractivity contribution < 1.29 is 14.2 Å². The molecule has 0 spiro atoms. The summed E-state index contributed by atoms with van der Waals surface area (Å²) >= 11 is 0. The number of hydrogen-bond donors (Lipinski definition) is 2. The maximum atomic E-state index is 14.9. The minimum atomic E-state index is -0.786. The molecule has 9 heteroatoms. The van der Waals surface area contributed by atoms with E-state index >= 15 is 0 Å². The Kier molecular flexibility index (Phi) is 6.28. The molecule has 1 aliphatic carbocycles. The first-order valence-electron chi connectivity index (χ1n) is 16.8. The SMILES string of the molecule is Cc1cccc2cc(O)cc(N3CCc4c(nc(OC[C@@]56C[C@@H](F)CN5[C@@H]5CCC[C@@H]5C6)nc4N4CC5CCC(C4)N5)C3)c12. The number of alkyl halides is 1. The lowest BCUT2D eigenvalue weighted by Gasteiger charge is -2.38. The first kappa shape index (κ1) is 27.2. The van der Waals surface area contributed by atoms with E-state index in [1.165, 1.54) is 48.6 Å². The molecule has 6 atom stereocenters. The van der Waals surface area contributed by atoms with Gasteiger partial charge in [-0.05, 0) is 68.4 Å². The highest BCUT2D eigenvalue weighted by Crippen LogP contribution is 2.52. The smallest absolute Gasteiger partial charge is 0.318 e. The van der Waals surface area contributed by atoms with Crippen LogP contribution in [-0.4, -0.2) is 82.6 Å². The van der Waals surface area contributed by atoms with Gasteiger partial charge in [0.2, 0.25) is 0 Å². The summed E-state index contributed by atoms with van der Waals surface area (Å²) in [4.78, 5) is 17.5. The van der Waals surface area contributed by atoms with Crippen LogP contribution in [0, 0.1) is 12.8 Å². The van der Waals surface area contributed by atoms with Crippen LogP contribution in [0.25, 0.3) is 10.8 Å². The summed E-state index contributed by atoms with van der Waals surface area (Å²) in [5.41, 5.74) is 4.21. The Labute approximate surface area is 258 Å². The van der Waals surface area contributed by atoms with E-state index in [0.717, 1.165) is 55.1 Å². The molecule has 2 N–H and O–H groups in total. The predicted molar refractivity (Wildman–Crippen MR) is 169 cm³/mol. The number of phenolic OH excluding ortho intramolecular Hbond substituents is 1. The van der Waals surface area contributed by atoms with Crippen molar-refractivity contribution in [1.82, 2.24) is 20.2 Å². The van der Waals surface area contributed by atoms with Crippen LogP contribution < -0.4 is 19.9 Å². The van der Waals surface area contributed by atoms with Gasteiger partial charge in [0.15, 0.2) is 0 Å². The van der Waals surface area contributed by atoms with Gasteiger partial charge < -0.3 is 25.0 Å². The molecule has 2 unspecified atom stereocenters. The number of rotatable bonds is 5. The molecule has 44 heavy (non-hydrogen) atoms. The monoisotopic (exact) mass is 598 g/mol. The highest BCUT2D eigenvalue weighted by molar-refractivity contribution is 5.98. The normalized spacial score (nSPS) is 32.7. The van der Waals surface area contributed by atoms with E-state index in [4.69, 9.17) is 14.7 Å². The number of fused-ring (bicyclic) bond motifs is 7. The van der Waals surface area contributed by atoms with Crippen molar-refractivity contribution in [3.8, 4) is 11.8 Å². The number of hydrogen-bond acceptors (Lipinski definition) is 8. The lowest BCUT2D eigenvalue weighted by atomic mass is 9.89. The highest BCUT2D eigenvalue weighted by Gasteiger charge is 2.58. The van der Waals surface area contributed by atoms with Gasteiger partial charge in [-0.2, -0.15) is 9.97 Å². The average molecular weight is 599 g/mol. The fraction of sp³-hybridized carbons (Fsp3) is 0.600. The number of piperazine rings is 1. The van der Waals surface area contributed by atoms with Gasteiger partial charge in [-0.3, -0.25) is 4.90 Å². The standard InChI is InChI=1S/C35H43FN6O2/c1-21-4-2-5-22-12-27(43)13-31(32(21)22)40-11-10-28-29(19-40)38-34(39-33(28)41-17-25-8-9-26(18-41)37-25)44-20-35-14-23-6-3-7-30(23)42(35)16-24(36)15-35/h2,4-5,12-13,23-26,30,37,43H,3,6-11,14-20H2,1H3/t23-,24-,25?,26?,30-,35-/m1/s1. The molecule has 232 valence electrons. The van der Waals surface area contributed by atoms with Crippen LogP contribution in [0.4, 0.5) is 15.9 Å². The van der Waals surface area contributed by atoms with E-state index in [-0.39, 0.29) is 11.3 Å². The lowest BCUT2D eigenvalue weighted by molar-refractivity contribution is 0.0829. The van der Waals surface area contributed by atoms with Gasteiger partial charge in [-0.15, -0.1) is 0 Å². The number of ether oxygens (including phenoxy) is 1. The molecule has 9 rings (SSSR count). The van der Waals surface area contributed by atoms with Gasteiger partial charge in [0.25, 0.3) is 0 Å². The summed E-state index contributed by atoms with van der Waals surface area (Å²) < 4.78 is 21.5. The maximum Gasteiger partial charge on any atom is 0.318 e. The van der Waals surface area contributed by atoms with Gasteiger partial charge in [-0.1, -0.05) is 24.6 Å². The molecule has 8 nitrogen and oxygen atoms in total. The molecule has 6 heterocycles. The summed E-state index contributed by atoms with van der Waals surface area (Å²) in [6.07, 6.45) is 7.73. The van der Waals surface area contributed by atoms with Crippen molar-refractivity contribution in [2.75, 3.05) is 42.6 Å². The van der Waals surface area contributed by atoms with Gasteiger partial charge >= 0.3 is 6.01 Å². The molecule has 2 aromatic carbocycles. The number of phenols is 1. The molecule has 1 aromatic heterocycles. The fourth-order valence-electron chi connectivity index (χ4n) is 9.96. The van der Waals surface area contributed by atoms with Crippen LogP contribution in [0.15, 0.2) is 30.3 Å². The Morgan fingerprint density at radius 1 is 1.05 bits per heavy atom. The Morgan fingerprint density at radius 2 is 1.91 bits per heavy atom. The molecule has 0 amide bonds.